The molecule has 0 aliphatic carbocycles. The van der Waals surface area contributed by atoms with Gasteiger partial charge in [-0.25, -0.2) is 0 Å². The van der Waals surface area contributed by atoms with E-state index in [-0.39, 0.29) is 10.6 Å². The molecule has 2 aromatic carbocycles. The molecule has 21 heavy (non-hydrogen) atoms. The SMILES string of the molecule is O=C([O-])c1cc(N/N=C\C=C\c2ccccc2)ccc1Cl. The average Bonchev–Trinajstić information content (AvgIpc) is 2.49. The molecule has 0 spiro atoms. The van der Waals surface area contributed by atoms with Crippen LogP contribution in [0.3, 0.4) is 0 Å². The van der Waals surface area contributed by atoms with E-state index in [0.717, 1.165) is 5.56 Å². The zero-order chi connectivity index (χ0) is 15.1. The molecule has 0 atom stereocenters. The van der Waals surface area contributed by atoms with Crippen LogP contribution in [-0.2, 0) is 0 Å². The molecular weight excluding hydrogens is 288 g/mol. The third-order valence-electron chi connectivity index (χ3n) is 2.63. The summed E-state index contributed by atoms with van der Waals surface area (Å²) >= 11 is 5.74. The van der Waals surface area contributed by atoms with Crippen LogP contribution in [0.2, 0.25) is 5.02 Å². The first kappa shape index (κ1) is 14.8. The van der Waals surface area contributed by atoms with Crippen LogP contribution >= 0.6 is 11.6 Å². The quantitative estimate of drug-likeness (QED) is 0.682. The Labute approximate surface area is 127 Å². The predicted octanol–water partition coefficient (Wildman–Crippen LogP) is 2.81. The smallest absolute Gasteiger partial charge is 0.0731 e. The van der Waals surface area contributed by atoms with Crippen molar-refractivity contribution in [2.75, 3.05) is 5.43 Å². The van der Waals surface area contributed by atoms with Crippen LogP contribution in [0.4, 0.5) is 5.69 Å². The molecule has 0 aliphatic heterocycles. The molecule has 0 fully saturated rings. The Kier molecular flexibility index (Phi) is 5.12. The molecule has 5 heteroatoms. The average molecular weight is 300 g/mol. The minimum Gasteiger partial charge on any atom is -0.545 e. The van der Waals surface area contributed by atoms with Gasteiger partial charge in [0.25, 0.3) is 0 Å². The summed E-state index contributed by atoms with van der Waals surface area (Å²) in [4.78, 5) is 10.8. The monoisotopic (exact) mass is 299 g/mol. The van der Waals surface area contributed by atoms with Crippen LogP contribution in [0, 0.1) is 0 Å². The lowest BCUT2D eigenvalue weighted by molar-refractivity contribution is -0.255. The molecule has 0 bridgehead atoms. The molecular formula is C16H12ClN2O2-. The highest BCUT2D eigenvalue weighted by atomic mass is 35.5. The second kappa shape index (κ2) is 7.26. The molecule has 2 rings (SSSR count). The van der Waals surface area contributed by atoms with Crippen molar-refractivity contribution < 1.29 is 9.90 Å². The Morgan fingerprint density at radius 1 is 1.19 bits per heavy atom. The van der Waals surface area contributed by atoms with Gasteiger partial charge in [-0.2, -0.15) is 5.10 Å². The lowest BCUT2D eigenvalue weighted by atomic mass is 10.2. The van der Waals surface area contributed by atoms with Crippen LogP contribution in [0.1, 0.15) is 15.9 Å². The molecule has 0 saturated carbocycles. The summed E-state index contributed by atoms with van der Waals surface area (Å²) in [5.41, 5.74) is 4.23. The second-order valence-corrected chi connectivity index (χ2v) is 4.55. The Morgan fingerprint density at radius 3 is 2.67 bits per heavy atom. The highest BCUT2D eigenvalue weighted by Crippen LogP contribution is 2.19. The molecule has 0 aliphatic rings. The van der Waals surface area contributed by atoms with Crippen molar-refractivity contribution in [1.82, 2.24) is 0 Å². The highest BCUT2D eigenvalue weighted by molar-refractivity contribution is 6.33. The number of carbonyl (C=O) groups excluding carboxylic acids is 1. The van der Waals surface area contributed by atoms with Crippen molar-refractivity contribution in [2.45, 2.75) is 0 Å². The minimum atomic E-state index is -1.32. The van der Waals surface area contributed by atoms with Gasteiger partial charge in [0.1, 0.15) is 0 Å². The van der Waals surface area contributed by atoms with E-state index in [1.54, 1.807) is 18.4 Å². The van der Waals surface area contributed by atoms with E-state index < -0.39 is 5.97 Å². The van der Waals surface area contributed by atoms with Crippen molar-refractivity contribution in [2.24, 2.45) is 5.10 Å². The van der Waals surface area contributed by atoms with Crippen LogP contribution in [0.5, 0.6) is 0 Å². The third kappa shape index (κ3) is 4.47. The third-order valence-corrected chi connectivity index (χ3v) is 2.96. The van der Waals surface area contributed by atoms with Gasteiger partial charge in [-0.05, 0) is 29.8 Å². The summed E-state index contributed by atoms with van der Waals surface area (Å²) in [5.74, 6) is -1.32. The standard InChI is InChI=1S/C16H13ClN2O2/c17-15-9-8-13(11-14(15)16(20)21)19-18-10-4-7-12-5-2-1-3-6-12/h1-11,19H,(H,20,21)/p-1/b7-4+,18-10-. The van der Waals surface area contributed by atoms with Crippen LogP contribution in [0.25, 0.3) is 6.08 Å². The molecule has 0 unspecified atom stereocenters. The first-order valence-electron chi connectivity index (χ1n) is 6.18. The van der Waals surface area contributed by atoms with Crippen LogP contribution in [0.15, 0.2) is 59.7 Å². The number of aromatic carboxylic acids is 1. The predicted molar refractivity (Wildman–Crippen MR) is 83.4 cm³/mol. The van der Waals surface area contributed by atoms with Crippen molar-refractivity contribution in [3.05, 3.63) is 70.8 Å². The van der Waals surface area contributed by atoms with Crippen LogP contribution in [-0.4, -0.2) is 12.2 Å². The molecule has 0 aromatic heterocycles. The number of anilines is 1. The molecule has 4 nitrogen and oxygen atoms in total. The lowest BCUT2D eigenvalue weighted by Gasteiger charge is -2.07. The van der Waals surface area contributed by atoms with Gasteiger partial charge >= 0.3 is 0 Å². The number of hydrogen-bond acceptors (Lipinski definition) is 4. The summed E-state index contributed by atoms with van der Waals surface area (Å²) in [6.45, 7) is 0. The molecule has 106 valence electrons. The van der Waals surface area contributed by atoms with Gasteiger partial charge in [0.2, 0.25) is 0 Å². The van der Waals surface area contributed by atoms with Crippen molar-refractivity contribution in [3.63, 3.8) is 0 Å². The van der Waals surface area contributed by atoms with Crippen molar-refractivity contribution >= 4 is 35.5 Å². The molecule has 2 aromatic rings. The lowest BCUT2D eigenvalue weighted by Crippen LogP contribution is -2.22. The summed E-state index contributed by atoms with van der Waals surface area (Å²) in [5, 5.41) is 14.9. The zero-order valence-corrected chi connectivity index (χ0v) is 11.7. The largest absolute Gasteiger partial charge is 0.545 e. The van der Waals surface area contributed by atoms with E-state index >= 15 is 0 Å². The van der Waals surface area contributed by atoms with Gasteiger partial charge in [0.15, 0.2) is 0 Å². The van der Waals surface area contributed by atoms with E-state index in [0.29, 0.717) is 5.69 Å². The summed E-state index contributed by atoms with van der Waals surface area (Å²) in [6.07, 6.45) is 5.25. The molecule has 0 saturated heterocycles. The van der Waals surface area contributed by atoms with E-state index in [1.807, 2.05) is 36.4 Å². The van der Waals surface area contributed by atoms with Gasteiger partial charge in [-0.15, -0.1) is 0 Å². The number of nitrogens with zero attached hydrogens (tertiary/aromatic N) is 1. The Hall–Kier alpha value is -2.59. The van der Waals surface area contributed by atoms with Gasteiger partial charge in [-0.1, -0.05) is 48.0 Å². The molecule has 0 radical (unpaired) electrons. The van der Waals surface area contributed by atoms with Gasteiger partial charge < -0.3 is 9.90 Å². The fourth-order valence-electron chi connectivity index (χ4n) is 1.62. The van der Waals surface area contributed by atoms with Gasteiger partial charge in [0.05, 0.1) is 11.7 Å². The molecule has 0 amide bonds. The number of allylic oxidation sites excluding steroid dienone is 1. The zero-order valence-electron chi connectivity index (χ0n) is 11.0. The maximum Gasteiger partial charge on any atom is 0.0731 e. The molecule has 1 N–H and O–H groups in total. The topological polar surface area (TPSA) is 64.5 Å². The van der Waals surface area contributed by atoms with Gasteiger partial charge in [0, 0.05) is 16.8 Å². The van der Waals surface area contributed by atoms with Gasteiger partial charge in [-0.3, -0.25) is 5.43 Å². The summed E-state index contributed by atoms with van der Waals surface area (Å²) in [6, 6.07) is 14.3. The van der Waals surface area contributed by atoms with E-state index in [2.05, 4.69) is 10.5 Å². The Bertz CT molecular complexity index is 682. The number of halogens is 1. The minimum absolute atomic E-state index is 0.0725. The summed E-state index contributed by atoms with van der Waals surface area (Å²) < 4.78 is 0. The van der Waals surface area contributed by atoms with Crippen molar-refractivity contribution in [3.8, 4) is 0 Å². The van der Waals surface area contributed by atoms with E-state index in [1.165, 1.54) is 12.1 Å². The van der Waals surface area contributed by atoms with Crippen LogP contribution < -0.4 is 10.5 Å². The highest BCUT2D eigenvalue weighted by Gasteiger charge is 2.02. The Balaban J connectivity index is 1.97. The fourth-order valence-corrected chi connectivity index (χ4v) is 1.82. The number of rotatable bonds is 5. The van der Waals surface area contributed by atoms with Crippen molar-refractivity contribution in [1.29, 1.82) is 0 Å². The number of nitrogens with one attached hydrogen (secondary N) is 1. The van der Waals surface area contributed by atoms with E-state index in [9.17, 15) is 9.90 Å². The summed E-state index contributed by atoms with van der Waals surface area (Å²) in [7, 11) is 0. The Morgan fingerprint density at radius 2 is 1.95 bits per heavy atom. The number of benzene rings is 2. The first-order valence-corrected chi connectivity index (χ1v) is 6.56. The number of hydrazone groups is 1. The second-order valence-electron chi connectivity index (χ2n) is 4.14. The normalized spacial score (nSPS) is 11.1. The first-order chi connectivity index (χ1) is 10.2. The maximum absolute atomic E-state index is 10.8. The van der Waals surface area contributed by atoms with E-state index in [4.69, 9.17) is 11.6 Å². The maximum atomic E-state index is 10.8. The molecule has 0 heterocycles. The number of carboxylic acid groups (broad SMARTS) is 1. The number of hydrogen-bond donors (Lipinski definition) is 1. The number of carbonyl (C=O) groups is 1. The number of carboxylic acids is 1. The fraction of sp³-hybridized carbons (Fsp3) is 0.